The second-order valence-electron chi connectivity index (χ2n) is 6.34. The number of Topliss-reactive ketones (excluding diaryl/α,β-unsaturated/α-hetero) is 1. The van der Waals surface area contributed by atoms with Crippen LogP contribution in [-0.2, 0) is 17.8 Å². The summed E-state index contributed by atoms with van der Waals surface area (Å²) in [6.07, 6.45) is 1.63. The van der Waals surface area contributed by atoms with Gasteiger partial charge in [-0.2, -0.15) is 0 Å². The van der Waals surface area contributed by atoms with Crippen LogP contribution < -0.4 is 0 Å². The fraction of sp³-hybridized carbons (Fsp3) is 0.300. The van der Waals surface area contributed by atoms with E-state index in [0.29, 0.717) is 35.6 Å². The Kier molecular flexibility index (Phi) is 5.93. The second-order valence-corrected chi connectivity index (χ2v) is 7.38. The van der Waals surface area contributed by atoms with Crippen LogP contribution in [0.2, 0.25) is 0 Å². The number of nitrogens with one attached hydrogen (secondary N) is 1. The fourth-order valence-corrected chi connectivity index (χ4v) is 3.88. The van der Waals surface area contributed by atoms with E-state index in [1.807, 2.05) is 34.5 Å². The van der Waals surface area contributed by atoms with Gasteiger partial charge in [0.05, 0.1) is 37.7 Å². The molecule has 0 aliphatic heterocycles. The summed E-state index contributed by atoms with van der Waals surface area (Å²) in [6, 6.07) is 7.77. The number of ketones is 1. The third-order valence-electron chi connectivity index (χ3n) is 4.39. The molecule has 7 heteroatoms. The maximum Gasteiger partial charge on any atom is 0.339 e. The Morgan fingerprint density at radius 3 is 2.67 bits per heavy atom. The Labute approximate surface area is 161 Å². The number of thiophene rings is 1. The third kappa shape index (κ3) is 4.37. The number of hydrogen-bond acceptors (Lipinski definition) is 6. The molecule has 0 saturated carbocycles. The predicted molar refractivity (Wildman–Crippen MR) is 103 cm³/mol. The molecule has 0 amide bonds. The SMILES string of the molecule is COC(=O)c1c(C)[nH]c(C(=O)CN(Cc2ccco2)Cc2cccs2)c1C. The van der Waals surface area contributed by atoms with E-state index >= 15 is 0 Å². The van der Waals surface area contributed by atoms with Crippen molar-refractivity contribution in [2.45, 2.75) is 26.9 Å². The van der Waals surface area contributed by atoms with Crippen LogP contribution in [0.3, 0.4) is 0 Å². The summed E-state index contributed by atoms with van der Waals surface area (Å²) in [6.45, 7) is 4.91. The molecule has 27 heavy (non-hydrogen) atoms. The summed E-state index contributed by atoms with van der Waals surface area (Å²) in [5.74, 6) is 0.286. The largest absolute Gasteiger partial charge is 0.468 e. The number of aromatic amines is 1. The highest BCUT2D eigenvalue weighted by molar-refractivity contribution is 7.09. The number of aryl methyl sites for hydroxylation is 1. The minimum atomic E-state index is -0.439. The molecule has 0 aliphatic rings. The lowest BCUT2D eigenvalue weighted by Gasteiger charge is -2.19. The van der Waals surface area contributed by atoms with Gasteiger partial charge < -0.3 is 14.1 Å². The number of esters is 1. The van der Waals surface area contributed by atoms with Gasteiger partial charge in [-0.15, -0.1) is 11.3 Å². The molecule has 1 N–H and O–H groups in total. The Balaban J connectivity index is 1.80. The van der Waals surface area contributed by atoms with Crippen LogP contribution in [0.25, 0.3) is 0 Å². The predicted octanol–water partition coefficient (Wildman–Crippen LogP) is 3.96. The van der Waals surface area contributed by atoms with E-state index in [1.54, 1.807) is 31.4 Å². The summed E-state index contributed by atoms with van der Waals surface area (Å²) in [4.78, 5) is 31.2. The Morgan fingerprint density at radius 1 is 1.22 bits per heavy atom. The van der Waals surface area contributed by atoms with E-state index in [4.69, 9.17) is 9.15 Å². The monoisotopic (exact) mass is 386 g/mol. The molecule has 3 rings (SSSR count). The smallest absolute Gasteiger partial charge is 0.339 e. The van der Waals surface area contributed by atoms with E-state index in [-0.39, 0.29) is 12.3 Å². The lowest BCUT2D eigenvalue weighted by atomic mass is 10.1. The molecule has 0 atom stereocenters. The number of ether oxygens (including phenoxy) is 1. The number of furan rings is 1. The van der Waals surface area contributed by atoms with Gasteiger partial charge in [-0.25, -0.2) is 4.79 Å². The average Bonchev–Trinajstić information content (AvgIpc) is 3.37. The first-order chi connectivity index (χ1) is 13.0. The number of aromatic nitrogens is 1. The number of hydrogen-bond donors (Lipinski definition) is 1. The molecule has 3 heterocycles. The molecule has 3 aromatic rings. The topological polar surface area (TPSA) is 75.5 Å². The number of methoxy groups -OCH3 is 1. The molecular weight excluding hydrogens is 364 g/mol. The maximum atomic E-state index is 13.0. The molecule has 0 unspecified atom stereocenters. The van der Waals surface area contributed by atoms with Crippen LogP contribution in [0.15, 0.2) is 40.3 Å². The first-order valence-corrected chi connectivity index (χ1v) is 9.45. The van der Waals surface area contributed by atoms with Crippen molar-refractivity contribution < 1.29 is 18.7 Å². The van der Waals surface area contributed by atoms with Crippen LogP contribution in [-0.4, -0.2) is 35.3 Å². The van der Waals surface area contributed by atoms with Gasteiger partial charge in [0.2, 0.25) is 0 Å². The number of carbonyl (C=O) groups excluding carboxylic acids is 2. The molecule has 0 saturated heterocycles. The molecule has 0 bridgehead atoms. The summed E-state index contributed by atoms with van der Waals surface area (Å²) in [7, 11) is 1.34. The summed E-state index contributed by atoms with van der Waals surface area (Å²) >= 11 is 1.65. The molecule has 3 aromatic heterocycles. The van der Waals surface area contributed by atoms with Crippen molar-refractivity contribution in [3.05, 3.63) is 69.1 Å². The standard InChI is InChI=1S/C20H22N2O4S/c1-13-18(20(24)25-3)14(2)21-19(13)17(23)12-22(10-15-6-4-8-26-15)11-16-7-5-9-27-16/h4-9,21H,10-12H2,1-3H3. The molecule has 0 aliphatic carbocycles. The summed E-state index contributed by atoms with van der Waals surface area (Å²) in [5, 5.41) is 2.02. The van der Waals surface area contributed by atoms with Crippen molar-refractivity contribution in [2.24, 2.45) is 0 Å². The molecule has 0 spiro atoms. The second kappa shape index (κ2) is 8.37. The van der Waals surface area contributed by atoms with E-state index in [0.717, 1.165) is 5.76 Å². The molecule has 6 nitrogen and oxygen atoms in total. The van der Waals surface area contributed by atoms with Gasteiger partial charge in [-0.3, -0.25) is 9.69 Å². The number of nitrogens with zero attached hydrogens (tertiary/aromatic N) is 1. The van der Waals surface area contributed by atoms with Crippen LogP contribution in [0.4, 0.5) is 0 Å². The lowest BCUT2D eigenvalue weighted by Crippen LogP contribution is -2.29. The van der Waals surface area contributed by atoms with Crippen LogP contribution in [0.1, 0.15) is 42.7 Å². The zero-order valence-electron chi connectivity index (χ0n) is 15.6. The van der Waals surface area contributed by atoms with Crippen LogP contribution in [0, 0.1) is 13.8 Å². The van der Waals surface area contributed by atoms with Crippen molar-refractivity contribution in [1.82, 2.24) is 9.88 Å². The zero-order valence-corrected chi connectivity index (χ0v) is 16.4. The first-order valence-electron chi connectivity index (χ1n) is 8.57. The normalized spacial score (nSPS) is 11.1. The number of H-pyrrole nitrogens is 1. The Bertz CT molecular complexity index is 874. The van der Waals surface area contributed by atoms with Gasteiger partial charge in [-0.1, -0.05) is 6.07 Å². The van der Waals surface area contributed by atoms with Gasteiger partial charge in [0, 0.05) is 17.1 Å². The van der Waals surface area contributed by atoms with Crippen molar-refractivity contribution in [2.75, 3.05) is 13.7 Å². The van der Waals surface area contributed by atoms with E-state index < -0.39 is 5.97 Å². The minimum absolute atomic E-state index is 0.0751. The zero-order chi connectivity index (χ0) is 19.4. The van der Waals surface area contributed by atoms with E-state index in [2.05, 4.69) is 4.98 Å². The highest BCUT2D eigenvalue weighted by Gasteiger charge is 2.24. The summed E-state index contributed by atoms with van der Waals surface area (Å²) < 4.78 is 10.3. The third-order valence-corrected chi connectivity index (χ3v) is 5.25. The van der Waals surface area contributed by atoms with E-state index in [1.165, 1.54) is 12.0 Å². The van der Waals surface area contributed by atoms with Gasteiger partial charge in [-0.05, 0) is 43.0 Å². The van der Waals surface area contributed by atoms with Crippen molar-refractivity contribution in [1.29, 1.82) is 0 Å². The highest BCUT2D eigenvalue weighted by atomic mass is 32.1. The van der Waals surface area contributed by atoms with E-state index in [9.17, 15) is 9.59 Å². The Morgan fingerprint density at radius 2 is 2.04 bits per heavy atom. The molecule has 142 valence electrons. The minimum Gasteiger partial charge on any atom is -0.468 e. The van der Waals surface area contributed by atoms with Crippen molar-refractivity contribution in [3.8, 4) is 0 Å². The molecular formula is C20H22N2O4S. The van der Waals surface area contributed by atoms with Crippen molar-refractivity contribution in [3.63, 3.8) is 0 Å². The fourth-order valence-electron chi connectivity index (χ4n) is 3.13. The average molecular weight is 386 g/mol. The summed E-state index contributed by atoms with van der Waals surface area (Å²) in [5.41, 5.74) is 2.14. The quantitative estimate of drug-likeness (QED) is 0.468. The molecule has 0 fully saturated rings. The number of carbonyl (C=O) groups is 2. The molecule has 0 radical (unpaired) electrons. The van der Waals surface area contributed by atoms with Gasteiger partial charge in [0.25, 0.3) is 0 Å². The maximum absolute atomic E-state index is 13.0. The van der Waals surface area contributed by atoms with Crippen LogP contribution in [0.5, 0.6) is 0 Å². The lowest BCUT2D eigenvalue weighted by molar-refractivity contribution is 0.0599. The Hall–Kier alpha value is -2.64. The highest BCUT2D eigenvalue weighted by Crippen LogP contribution is 2.21. The van der Waals surface area contributed by atoms with Gasteiger partial charge >= 0.3 is 5.97 Å². The first kappa shape index (κ1) is 19.1. The van der Waals surface area contributed by atoms with Gasteiger partial charge in [0.1, 0.15) is 5.76 Å². The van der Waals surface area contributed by atoms with Crippen LogP contribution >= 0.6 is 11.3 Å². The van der Waals surface area contributed by atoms with Crippen molar-refractivity contribution >= 4 is 23.1 Å². The molecule has 0 aromatic carbocycles. The van der Waals surface area contributed by atoms with Gasteiger partial charge in [0.15, 0.2) is 5.78 Å². The number of rotatable bonds is 8.